The summed E-state index contributed by atoms with van der Waals surface area (Å²) in [7, 11) is 0. The fraction of sp³-hybridized carbons (Fsp3) is 0. The predicted octanol–water partition coefficient (Wildman–Crippen LogP) is 6.31. The van der Waals surface area contributed by atoms with Crippen LogP contribution in [0.2, 0.25) is 5.02 Å². The number of carbonyl (C=O) groups is 1. The predicted molar refractivity (Wildman–Crippen MR) is 123 cm³/mol. The van der Waals surface area contributed by atoms with E-state index in [9.17, 15) is 9.18 Å². The van der Waals surface area contributed by atoms with Gasteiger partial charge in [0.05, 0.1) is 4.90 Å². The van der Waals surface area contributed by atoms with Gasteiger partial charge in [0, 0.05) is 39.9 Å². The third kappa shape index (κ3) is 5.39. The van der Waals surface area contributed by atoms with Gasteiger partial charge in [0.2, 0.25) is 0 Å². The monoisotopic (exact) mass is 450 g/mol. The SMILES string of the molecule is O=C(Nc1ccc(F)c(SNc2ccc(Cl)cc2)c1)c1cccc(-c2cncnc2)c1. The van der Waals surface area contributed by atoms with Crippen molar-refractivity contribution in [3.63, 3.8) is 0 Å². The lowest BCUT2D eigenvalue weighted by molar-refractivity contribution is 0.102. The maximum absolute atomic E-state index is 14.2. The molecule has 0 bridgehead atoms. The van der Waals surface area contributed by atoms with Crippen molar-refractivity contribution >= 4 is 40.8 Å². The van der Waals surface area contributed by atoms with Gasteiger partial charge in [0.25, 0.3) is 5.91 Å². The molecule has 0 saturated carbocycles. The maximum atomic E-state index is 14.2. The third-order valence-electron chi connectivity index (χ3n) is 4.33. The van der Waals surface area contributed by atoms with Crippen LogP contribution < -0.4 is 10.0 Å². The average molecular weight is 451 g/mol. The quantitative estimate of drug-likeness (QED) is 0.337. The largest absolute Gasteiger partial charge is 0.326 e. The molecule has 0 spiro atoms. The van der Waals surface area contributed by atoms with Crippen LogP contribution in [0.25, 0.3) is 11.1 Å². The maximum Gasteiger partial charge on any atom is 0.255 e. The normalized spacial score (nSPS) is 10.5. The van der Waals surface area contributed by atoms with Crippen molar-refractivity contribution in [3.05, 3.63) is 102 Å². The number of benzene rings is 3. The highest BCUT2D eigenvalue weighted by atomic mass is 35.5. The standard InChI is InChI=1S/C23H16ClFN4OS/c24-18-4-6-19(7-5-18)29-31-22-11-20(8-9-21(22)25)28-23(30)16-3-1-2-15(10-16)17-12-26-14-27-13-17/h1-14,29H,(H,28,30). The summed E-state index contributed by atoms with van der Waals surface area (Å²) in [5, 5.41) is 3.44. The molecule has 154 valence electrons. The molecule has 0 aliphatic rings. The third-order valence-corrected chi connectivity index (χ3v) is 5.45. The number of halogens is 2. The van der Waals surface area contributed by atoms with Crippen molar-refractivity contribution in [2.45, 2.75) is 4.90 Å². The lowest BCUT2D eigenvalue weighted by atomic mass is 10.1. The van der Waals surface area contributed by atoms with Crippen LogP contribution in [0, 0.1) is 5.82 Å². The van der Waals surface area contributed by atoms with E-state index in [0.29, 0.717) is 21.2 Å². The van der Waals surface area contributed by atoms with Crippen molar-refractivity contribution in [3.8, 4) is 11.1 Å². The Hall–Kier alpha value is -3.42. The zero-order valence-corrected chi connectivity index (χ0v) is 17.6. The van der Waals surface area contributed by atoms with Gasteiger partial charge in [-0.25, -0.2) is 14.4 Å². The van der Waals surface area contributed by atoms with Crippen LogP contribution in [0.5, 0.6) is 0 Å². The van der Waals surface area contributed by atoms with E-state index < -0.39 is 5.82 Å². The zero-order valence-electron chi connectivity index (χ0n) is 16.0. The van der Waals surface area contributed by atoms with E-state index in [-0.39, 0.29) is 5.91 Å². The van der Waals surface area contributed by atoms with Gasteiger partial charge in [-0.05, 0) is 72.1 Å². The second-order valence-electron chi connectivity index (χ2n) is 6.52. The summed E-state index contributed by atoms with van der Waals surface area (Å²) < 4.78 is 17.3. The fourth-order valence-electron chi connectivity index (χ4n) is 2.78. The van der Waals surface area contributed by atoms with E-state index in [1.807, 2.05) is 6.07 Å². The molecule has 1 aromatic heterocycles. The highest BCUT2D eigenvalue weighted by molar-refractivity contribution is 8.00. The Morgan fingerprint density at radius 1 is 0.903 bits per heavy atom. The Morgan fingerprint density at radius 2 is 1.65 bits per heavy atom. The lowest BCUT2D eigenvalue weighted by Crippen LogP contribution is -2.12. The van der Waals surface area contributed by atoms with Gasteiger partial charge >= 0.3 is 0 Å². The number of nitrogens with zero attached hydrogens (tertiary/aromatic N) is 2. The lowest BCUT2D eigenvalue weighted by Gasteiger charge is -2.10. The summed E-state index contributed by atoms with van der Waals surface area (Å²) in [6.45, 7) is 0. The van der Waals surface area contributed by atoms with Gasteiger partial charge in [-0.3, -0.25) is 4.79 Å². The number of aromatic nitrogens is 2. The van der Waals surface area contributed by atoms with Crippen LogP contribution >= 0.6 is 23.5 Å². The van der Waals surface area contributed by atoms with Crippen LogP contribution in [0.1, 0.15) is 10.4 Å². The highest BCUT2D eigenvalue weighted by Gasteiger charge is 2.11. The molecule has 0 radical (unpaired) electrons. The first-order valence-corrected chi connectivity index (χ1v) is 10.4. The zero-order chi connectivity index (χ0) is 21.6. The minimum Gasteiger partial charge on any atom is -0.326 e. The van der Waals surface area contributed by atoms with Crippen molar-refractivity contribution in [2.24, 2.45) is 0 Å². The van der Waals surface area contributed by atoms with Gasteiger partial charge < -0.3 is 10.0 Å². The number of hydrogen-bond donors (Lipinski definition) is 2. The number of carbonyl (C=O) groups excluding carboxylic acids is 1. The van der Waals surface area contributed by atoms with Crippen LogP contribution in [0.15, 0.2) is 90.3 Å². The molecule has 0 unspecified atom stereocenters. The van der Waals surface area contributed by atoms with E-state index >= 15 is 0 Å². The Kier molecular flexibility index (Phi) is 6.45. The number of amides is 1. The number of rotatable bonds is 6. The molecule has 0 aliphatic carbocycles. The molecule has 8 heteroatoms. The molecule has 1 heterocycles. The molecule has 0 atom stereocenters. The molecule has 0 aliphatic heterocycles. The molecule has 2 N–H and O–H groups in total. The van der Waals surface area contributed by atoms with Crippen LogP contribution in [-0.2, 0) is 0 Å². The van der Waals surface area contributed by atoms with Crippen LogP contribution in [0.3, 0.4) is 0 Å². The Labute approximate surface area is 187 Å². The number of anilines is 2. The average Bonchev–Trinajstić information content (AvgIpc) is 2.81. The minimum absolute atomic E-state index is 0.299. The van der Waals surface area contributed by atoms with E-state index in [4.69, 9.17) is 11.6 Å². The Morgan fingerprint density at radius 3 is 2.42 bits per heavy atom. The molecule has 1 amide bonds. The molecular weight excluding hydrogens is 435 g/mol. The molecule has 31 heavy (non-hydrogen) atoms. The summed E-state index contributed by atoms with van der Waals surface area (Å²) in [6, 6.07) is 18.6. The summed E-state index contributed by atoms with van der Waals surface area (Å²) in [5.41, 5.74) is 3.38. The summed E-state index contributed by atoms with van der Waals surface area (Å²) >= 11 is 6.99. The second kappa shape index (κ2) is 9.59. The second-order valence-corrected chi connectivity index (χ2v) is 7.80. The number of hydrogen-bond acceptors (Lipinski definition) is 5. The van der Waals surface area contributed by atoms with Gasteiger partial charge in [0.15, 0.2) is 0 Å². The Bertz CT molecular complexity index is 1210. The summed E-state index contributed by atoms with van der Waals surface area (Å²) in [6.07, 6.45) is 4.81. The van der Waals surface area contributed by atoms with E-state index in [1.165, 1.54) is 18.5 Å². The molecular formula is C23H16ClFN4OS. The van der Waals surface area contributed by atoms with Crippen molar-refractivity contribution < 1.29 is 9.18 Å². The highest BCUT2D eigenvalue weighted by Crippen LogP contribution is 2.28. The molecule has 0 fully saturated rings. The minimum atomic E-state index is -0.393. The van der Waals surface area contributed by atoms with E-state index in [2.05, 4.69) is 20.0 Å². The van der Waals surface area contributed by atoms with Crippen LogP contribution in [-0.4, -0.2) is 15.9 Å². The molecule has 0 saturated heterocycles. The van der Waals surface area contributed by atoms with Crippen molar-refractivity contribution in [1.82, 2.24) is 9.97 Å². The fourth-order valence-corrected chi connectivity index (χ4v) is 3.62. The summed E-state index contributed by atoms with van der Waals surface area (Å²) in [5.74, 6) is -0.692. The van der Waals surface area contributed by atoms with Crippen LogP contribution in [0.4, 0.5) is 15.8 Å². The van der Waals surface area contributed by atoms with Gasteiger partial charge in [-0.1, -0.05) is 23.7 Å². The van der Waals surface area contributed by atoms with E-state index in [0.717, 1.165) is 28.8 Å². The van der Waals surface area contributed by atoms with Crippen molar-refractivity contribution in [2.75, 3.05) is 10.0 Å². The first-order chi connectivity index (χ1) is 15.1. The van der Waals surface area contributed by atoms with E-state index in [1.54, 1.807) is 60.9 Å². The number of nitrogens with one attached hydrogen (secondary N) is 2. The first-order valence-electron chi connectivity index (χ1n) is 9.23. The van der Waals surface area contributed by atoms with Gasteiger partial charge in [-0.15, -0.1) is 0 Å². The first kappa shape index (κ1) is 20.8. The summed E-state index contributed by atoms with van der Waals surface area (Å²) in [4.78, 5) is 21.1. The van der Waals surface area contributed by atoms with Gasteiger partial charge in [-0.2, -0.15) is 0 Å². The smallest absolute Gasteiger partial charge is 0.255 e. The molecule has 4 aromatic rings. The molecule has 4 rings (SSSR count). The van der Waals surface area contributed by atoms with Gasteiger partial charge in [0.1, 0.15) is 12.1 Å². The Balaban J connectivity index is 1.47. The van der Waals surface area contributed by atoms with Crippen molar-refractivity contribution in [1.29, 1.82) is 0 Å². The topological polar surface area (TPSA) is 66.9 Å². The molecule has 5 nitrogen and oxygen atoms in total. The molecule has 3 aromatic carbocycles.